The average molecular weight is 349 g/mol. The molecule has 0 fully saturated rings. The Balaban J connectivity index is 1.67. The molecule has 1 aromatic heterocycles. The van der Waals surface area contributed by atoms with Crippen LogP contribution in [0.4, 0.5) is 10.5 Å². The number of ether oxygens (including phenoxy) is 1. The summed E-state index contributed by atoms with van der Waals surface area (Å²) >= 11 is 0. The van der Waals surface area contributed by atoms with Gasteiger partial charge < -0.3 is 9.72 Å². The first-order valence-corrected chi connectivity index (χ1v) is 8.99. The minimum atomic E-state index is -0.497. The first kappa shape index (κ1) is 16.6. The number of carbonyl (C=O) groups excluding carboxylic acids is 1. The van der Waals surface area contributed by atoms with E-state index in [0.29, 0.717) is 6.54 Å². The predicted octanol–water partition coefficient (Wildman–Crippen LogP) is 4.92. The number of aromatic nitrogens is 2. The number of amides is 1. The number of hydrogen-bond donors (Lipinski definition) is 1. The zero-order valence-corrected chi connectivity index (χ0v) is 15.4. The largest absolute Gasteiger partial charge is 0.443 e. The molecule has 0 saturated heterocycles. The number of carbonyl (C=O) groups is 1. The number of hydrogen-bond acceptors (Lipinski definition) is 3. The highest BCUT2D eigenvalue weighted by Crippen LogP contribution is 2.32. The van der Waals surface area contributed by atoms with Gasteiger partial charge in [-0.05, 0) is 69.5 Å². The normalized spacial score (nSPS) is 14.3. The summed E-state index contributed by atoms with van der Waals surface area (Å²) < 4.78 is 5.56. The lowest BCUT2D eigenvalue weighted by atomic mass is 9.99. The molecule has 4 rings (SSSR count). The maximum Gasteiger partial charge on any atom is 0.414 e. The van der Waals surface area contributed by atoms with Gasteiger partial charge in [-0.2, -0.15) is 0 Å². The van der Waals surface area contributed by atoms with Crippen molar-refractivity contribution in [1.82, 2.24) is 9.97 Å². The number of H-pyrrole nitrogens is 1. The third kappa shape index (κ3) is 3.17. The summed E-state index contributed by atoms with van der Waals surface area (Å²) in [5.74, 6) is 0.850. The molecular weight excluding hydrogens is 326 g/mol. The van der Waals surface area contributed by atoms with Crippen LogP contribution in [0, 0.1) is 0 Å². The van der Waals surface area contributed by atoms with Crippen LogP contribution in [0.3, 0.4) is 0 Å². The monoisotopic (exact) mass is 349 g/mol. The fraction of sp³-hybridized carbons (Fsp3) is 0.333. The molecule has 5 nitrogen and oxygen atoms in total. The zero-order chi connectivity index (χ0) is 18.3. The van der Waals surface area contributed by atoms with Crippen molar-refractivity contribution in [2.75, 3.05) is 11.4 Å². The summed E-state index contributed by atoms with van der Waals surface area (Å²) in [5, 5.41) is 0. The topological polar surface area (TPSA) is 58.2 Å². The van der Waals surface area contributed by atoms with Crippen LogP contribution in [0.25, 0.3) is 22.4 Å². The van der Waals surface area contributed by atoms with Crippen molar-refractivity contribution < 1.29 is 9.53 Å². The first-order chi connectivity index (χ1) is 12.4. The summed E-state index contributed by atoms with van der Waals surface area (Å²) in [6.45, 7) is 6.35. The number of aromatic amines is 1. The number of nitrogens with zero attached hydrogens (tertiary/aromatic N) is 2. The highest BCUT2D eigenvalue weighted by atomic mass is 16.6. The second-order valence-corrected chi connectivity index (χ2v) is 7.68. The molecule has 0 atom stereocenters. The van der Waals surface area contributed by atoms with E-state index in [0.717, 1.165) is 46.5 Å². The van der Waals surface area contributed by atoms with E-state index in [4.69, 9.17) is 4.74 Å². The van der Waals surface area contributed by atoms with Gasteiger partial charge in [-0.15, -0.1) is 0 Å². The SMILES string of the molecule is CC(C)(C)OC(=O)N1CCCc2cc(-c3nc4ccccc4[nH]3)ccc21. The van der Waals surface area contributed by atoms with Crippen LogP contribution in [-0.4, -0.2) is 28.2 Å². The molecule has 0 unspecified atom stereocenters. The molecule has 134 valence electrons. The molecule has 1 amide bonds. The summed E-state index contributed by atoms with van der Waals surface area (Å²) in [6.07, 6.45) is 1.59. The van der Waals surface area contributed by atoms with Crippen LogP contribution < -0.4 is 4.90 Å². The van der Waals surface area contributed by atoms with Crippen LogP contribution in [0.15, 0.2) is 42.5 Å². The number of anilines is 1. The highest BCUT2D eigenvalue weighted by Gasteiger charge is 2.27. The van der Waals surface area contributed by atoms with E-state index < -0.39 is 5.60 Å². The van der Waals surface area contributed by atoms with E-state index in [2.05, 4.69) is 16.0 Å². The molecule has 0 bridgehead atoms. The molecule has 0 radical (unpaired) electrons. The lowest BCUT2D eigenvalue weighted by Gasteiger charge is -2.31. The van der Waals surface area contributed by atoms with Crippen LogP contribution in [0.5, 0.6) is 0 Å². The van der Waals surface area contributed by atoms with Crippen molar-refractivity contribution in [3.63, 3.8) is 0 Å². The van der Waals surface area contributed by atoms with Crippen molar-refractivity contribution >= 4 is 22.8 Å². The van der Waals surface area contributed by atoms with E-state index in [-0.39, 0.29) is 6.09 Å². The van der Waals surface area contributed by atoms with Crippen LogP contribution in [-0.2, 0) is 11.2 Å². The van der Waals surface area contributed by atoms with Crippen LogP contribution in [0.2, 0.25) is 0 Å². The summed E-state index contributed by atoms with van der Waals surface area (Å²) in [5.41, 5.74) is 4.60. The fourth-order valence-electron chi connectivity index (χ4n) is 3.34. The van der Waals surface area contributed by atoms with Gasteiger partial charge in [-0.1, -0.05) is 12.1 Å². The summed E-state index contributed by atoms with van der Waals surface area (Å²) in [6, 6.07) is 14.1. The molecule has 1 N–H and O–H groups in total. The van der Waals surface area contributed by atoms with Crippen LogP contribution >= 0.6 is 0 Å². The Morgan fingerprint density at radius 3 is 2.77 bits per heavy atom. The van der Waals surface area contributed by atoms with E-state index in [9.17, 15) is 4.79 Å². The summed E-state index contributed by atoms with van der Waals surface area (Å²) in [7, 11) is 0. The van der Waals surface area contributed by atoms with Gasteiger partial charge in [0, 0.05) is 12.1 Å². The smallest absolute Gasteiger partial charge is 0.414 e. The molecule has 26 heavy (non-hydrogen) atoms. The molecular formula is C21H23N3O2. The molecule has 2 aromatic carbocycles. The van der Waals surface area contributed by atoms with Gasteiger partial charge in [0.15, 0.2) is 0 Å². The minimum Gasteiger partial charge on any atom is -0.443 e. The molecule has 1 aliphatic rings. The standard InChI is InChI=1S/C21H23N3O2/c1-21(2,3)26-20(25)24-12-6-7-14-13-15(10-11-18(14)24)19-22-16-8-4-5-9-17(16)23-19/h4-5,8-11,13H,6-7,12H2,1-3H3,(H,22,23). The van der Waals surface area contributed by atoms with Crippen molar-refractivity contribution in [2.45, 2.75) is 39.2 Å². The number of fused-ring (bicyclic) bond motifs is 2. The molecule has 1 aliphatic heterocycles. The third-order valence-corrected chi connectivity index (χ3v) is 4.47. The number of rotatable bonds is 1. The van der Waals surface area contributed by atoms with Crippen molar-refractivity contribution in [3.05, 3.63) is 48.0 Å². The van der Waals surface area contributed by atoms with Crippen molar-refractivity contribution in [1.29, 1.82) is 0 Å². The molecule has 0 saturated carbocycles. The molecule has 0 spiro atoms. The van der Waals surface area contributed by atoms with Gasteiger partial charge in [0.25, 0.3) is 0 Å². The van der Waals surface area contributed by atoms with Gasteiger partial charge >= 0.3 is 6.09 Å². The molecule has 0 aliphatic carbocycles. The lowest BCUT2D eigenvalue weighted by molar-refractivity contribution is 0.0578. The van der Waals surface area contributed by atoms with Gasteiger partial charge in [0.1, 0.15) is 11.4 Å². The average Bonchev–Trinajstić information content (AvgIpc) is 3.03. The van der Waals surface area contributed by atoms with Crippen molar-refractivity contribution in [2.24, 2.45) is 0 Å². The van der Waals surface area contributed by atoms with Crippen molar-refractivity contribution in [3.8, 4) is 11.4 Å². The second kappa shape index (κ2) is 6.16. The van der Waals surface area contributed by atoms with Gasteiger partial charge in [-0.25, -0.2) is 9.78 Å². The number of benzene rings is 2. The van der Waals surface area contributed by atoms with Gasteiger partial charge in [0.2, 0.25) is 0 Å². The quantitative estimate of drug-likeness (QED) is 0.678. The first-order valence-electron chi connectivity index (χ1n) is 8.99. The Morgan fingerprint density at radius 1 is 1.19 bits per heavy atom. The second-order valence-electron chi connectivity index (χ2n) is 7.68. The highest BCUT2D eigenvalue weighted by molar-refractivity contribution is 5.90. The maximum atomic E-state index is 12.5. The zero-order valence-electron chi connectivity index (χ0n) is 15.4. The van der Waals surface area contributed by atoms with E-state index >= 15 is 0 Å². The van der Waals surface area contributed by atoms with Gasteiger partial charge in [-0.3, -0.25) is 4.90 Å². The number of aryl methyl sites for hydroxylation is 1. The Bertz CT molecular complexity index is 936. The lowest BCUT2D eigenvalue weighted by Crippen LogP contribution is -2.39. The number of imidazole rings is 1. The third-order valence-electron chi connectivity index (χ3n) is 4.47. The van der Waals surface area contributed by atoms with Gasteiger partial charge in [0.05, 0.1) is 16.7 Å². The summed E-state index contributed by atoms with van der Waals surface area (Å²) in [4.78, 5) is 22.3. The number of para-hydroxylation sites is 2. The molecule has 3 aromatic rings. The Labute approximate surface area is 153 Å². The Hall–Kier alpha value is -2.82. The Morgan fingerprint density at radius 2 is 2.00 bits per heavy atom. The minimum absolute atomic E-state index is 0.282. The van der Waals surface area contributed by atoms with E-state index in [1.165, 1.54) is 0 Å². The maximum absolute atomic E-state index is 12.5. The Kier molecular flexibility index (Phi) is 3.94. The number of nitrogens with one attached hydrogen (secondary N) is 1. The van der Waals surface area contributed by atoms with E-state index in [1.54, 1.807) is 4.90 Å². The molecule has 5 heteroatoms. The fourth-order valence-corrected chi connectivity index (χ4v) is 3.34. The van der Waals surface area contributed by atoms with Crippen LogP contribution in [0.1, 0.15) is 32.8 Å². The molecule has 2 heterocycles. The predicted molar refractivity (Wildman–Crippen MR) is 103 cm³/mol. The van der Waals surface area contributed by atoms with E-state index in [1.807, 2.05) is 57.2 Å².